The lowest BCUT2D eigenvalue weighted by Crippen LogP contribution is -2.04. The Kier molecular flexibility index (Phi) is 5.46. The smallest absolute Gasteiger partial charge is 0.349 e. The number of benzene rings is 2. The van der Waals surface area contributed by atoms with Crippen LogP contribution in [-0.2, 0) is 11.3 Å². The number of aromatic nitrogens is 2. The second kappa shape index (κ2) is 8.36. The van der Waals surface area contributed by atoms with E-state index in [9.17, 15) is 20.0 Å². The zero-order chi connectivity index (χ0) is 22.0. The van der Waals surface area contributed by atoms with E-state index in [0.29, 0.717) is 26.5 Å². The van der Waals surface area contributed by atoms with Gasteiger partial charge in [0.2, 0.25) is 0 Å². The number of nitrogens with zero attached hydrogens (tertiary/aromatic N) is 3. The largest absolute Gasteiger partial charge is 0.506 e. The molecule has 0 bridgehead atoms. The van der Waals surface area contributed by atoms with Gasteiger partial charge in [-0.25, -0.2) is 14.8 Å². The van der Waals surface area contributed by atoms with Crippen molar-refractivity contribution >= 4 is 44.7 Å². The molecule has 4 aromatic rings. The number of thiophene rings is 1. The number of fused-ring (bicyclic) bond motifs is 1. The highest BCUT2D eigenvalue weighted by Gasteiger charge is 2.21. The van der Waals surface area contributed by atoms with Crippen molar-refractivity contribution in [2.24, 2.45) is 0 Å². The van der Waals surface area contributed by atoms with Crippen LogP contribution in [0.3, 0.4) is 0 Å². The van der Waals surface area contributed by atoms with Gasteiger partial charge in [0.1, 0.15) is 34.2 Å². The Hall–Kier alpha value is -4.05. The molecule has 156 valence electrons. The molecule has 0 aliphatic heterocycles. The summed E-state index contributed by atoms with van der Waals surface area (Å²) in [6.07, 6.45) is 1.31. The summed E-state index contributed by atoms with van der Waals surface area (Å²) in [5.74, 6) is -0.335. The molecule has 2 heterocycles. The van der Waals surface area contributed by atoms with E-state index < -0.39 is 10.9 Å². The summed E-state index contributed by atoms with van der Waals surface area (Å²) in [5.41, 5.74) is 1.43. The zero-order valence-corrected chi connectivity index (χ0v) is 17.0. The first-order chi connectivity index (χ1) is 14.9. The highest BCUT2D eigenvalue weighted by molar-refractivity contribution is 7.20. The molecule has 0 aliphatic rings. The molecule has 10 heteroatoms. The Labute approximate surface area is 180 Å². The maximum atomic E-state index is 12.7. The fraction of sp³-hybridized carbons (Fsp3) is 0.0952. The summed E-state index contributed by atoms with van der Waals surface area (Å²) in [5, 5.41) is 24.6. The number of aromatic hydroxyl groups is 1. The first-order valence-electron chi connectivity index (χ1n) is 9.13. The molecule has 0 saturated heterocycles. The van der Waals surface area contributed by atoms with Gasteiger partial charge in [0.15, 0.2) is 0 Å². The number of nitro benzene ring substituents is 1. The number of rotatable bonds is 6. The van der Waals surface area contributed by atoms with Crippen molar-refractivity contribution in [2.75, 3.05) is 5.32 Å². The minimum atomic E-state index is -0.559. The Morgan fingerprint density at radius 2 is 2.00 bits per heavy atom. The molecule has 2 aromatic heterocycles. The van der Waals surface area contributed by atoms with Gasteiger partial charge in [-0.3, -0.25) is 10.1 Å². The predicted molar refractivity (Wildman–Crippen MR) is 116 cm³/mol. The fourth-order valence-electron chi connectivity index (χ4n) is 3.02. The molecule has 0 radical (unpaired) electrons. The van der Waals surface area contributed by atoms with Gasteiger partial charge >= 0.3 is 5.97 Å². The molecule has 9 nitrogen and oxygen atoms in total. The number of phenols is 1. The lowest BCUT2D eigenvalue weighted by Gasteiger charge is -2.09. The number of nitrogens with one attached hydrogen (secondary N) is 1. The van der Waals surface area contributed by atoms with Gasteiger partial charge in [0.25, 0.3) is 5.69 Å². The predicted octanol–water partition coefficient (Wildman–Crippen LogP) is 4.71. The number of esters is 1. The van der Waals surface area contributed by atoms with Gasteiger partial charge in [-0.05, 0) is 24.1 Å². The Balaban J connectivity index is 1.65. The molecule has 0 atom stereocenters. The summed E-state index contributed by atoms with van der Waals surface area (Å²) >= 11 is 1.17. The molecule has 0 spiro atoms. The standard InChI is InChI=1S/C21H16N4O5S/c1-12-17-19(24-15-9-14(25(28)29)7-8-16(15)26)22-11-23-20(17)31-18(12)21(27)30-10-13-5-3-2-4-6-13/h2-9,11,26H,10H2,1H3,(H,22,23,24). The van der Waals surface area contributed by atoms with Crippen LogP contribution >= 0.6 is 11.3 Å². The van der Waals surface area contributed by atoms with E-state index >= 15 is 0 Å². The molecule has 2 N–H and O–H groups in total. The molecule has 2 aromatic carbocycles. The SMILES string of the molecule is Cc1c(C(=O)OCc2ccccc2)sc2ncnc(Nc3cc([N+](=O)[O-])ccc3O)c12. The maximum absolute atomic E-state index is 12.7. The van der Waals surface area contributed by atoms with Crippen molar-refractivity contribution in [3.8, 4) is 5.75 Å². The average Bonchev–Trinajstić information content (AvgIpc) is 3.11. The van der Waals surface area contributed by atoms with Crippen LogP contribution in [0.25, 0.3) is 10.2 Å². The number of hydrogen-bond acceptors (Lipinski definition) is 9. The minimum Gasteiger partial charge on any atom is -0.506 e. The number of anilines is 2. The van der Waals surface area contributed by atoms with Crippen molar-refractivity contribution < 1.29 is 19.6 Å². The second-order valence-corrected chi connectivity index (χ2v) is 7.60. The summed E-state index contributed by atoms with van der Waals surface area (Å²) in [6, 6.07) is 13.0. The van der Waals surface area contributed by atoms with E-state index in [1.807, 2.05) is 30.3 Å². The summed E-state index contributed by atoms with van der Waals surface area (Å²) in [6.45, 7) is 1.89. The van der Waals surface area contributed by atoms with Crippen molar-refractivity contribution in [2.45, 2.75) is 13.5 Å². The molecule has 0 fully saturated rings. The molecule has 0 saturated carbocycles. The molecular formula is C21H16N4O5S. The average molecular weight is 436 g/mol. The van der Waals surface area contributed by atoms with Gasteiger partial charge < -0.3 is 15.2 Å². The molecule has 0 aliphatic carbocycles. The molecular weight excluding hydrogens is 420 g/mol. The van der Waals surface area contributed by atoms with E-state index in [2.05, 4.69) is 15.3 Å². The molecule has 0 unspecified atom stereocenters. The van der Waals surface area contributed by atoms with E-state index in [1.165, 1.54) is 35.9 Å². The van der Waals surface area contributed by atoms with Gasteiger partial charge in [-0.1, -0.05) is 30.3 Å². The van der Waals surface area contributed by atoms with Crippen LogP contribution < -0.4 is 5.32 Å². The highest BCUT2D eigenvalue weighted by atomic mass is 32.1. The number of aryl methyl sites for hydroxylation is 1. The third kappa shape index (κ3) is 4.14. The first kappa shape index (κ1) is 20.2. The van der Waals surface area contributed by atoms with Crippen molar-refractivity contribution in [3.63, 3.8) is 0 Å². The Bertz CT molecular complexity index is 1290. The Morgan fingerprint density at radius 1 is 1.23 bits per heavy atom. The van der Waals surface area contributed by atoms with E-state index in [-0.39, 0.29) is 23.7 Å². The highest BCUT2D eigenvalue weighted by Crippen LogP contribution is 2.37. The van der Waals surface area contributed by atoms with E-state index in [4.69, 9.17) is 4.74 Å². The van der Waals surface area contributed by atoms with Crippen LogP contribution in [0.1, 0.15) is 20.8 Å². The lowest BCUT2D eigenvalue weighted by molar-refractivity contribution is -0.384. The first-order valence-corrected chi connectivity index (χ1v) is 9.95. The number of phenolic OH excluding ortho intramolecular Hbond substituents is 1. The van der Waals surface area contributed by atoms with Crippen LogP contribution in [0.4, 0.5) is 17.2 Å². The third-order valence-electron chi connectivity index (χ3n) is 4.57. The van der Waals surface area contributed by atoms with Gasteiger partial charge in [0, 0.05) is 12.1 Å². The maximum Gasteiger partial charge on any atom is 0.349 e. The van der Waals surface area contributed by atoms with Crippen LogP contribution in [0, 0.1) is 17.0 Å². The second-order valence-electron chi connectivity index (χ2n) is 6.60. The van der Waals surface area contributed by atoms with Crippen LogP contribution in [0.5, 0.6) is 5.75 Å². The number of hydrogen-bond donors (Lipinski definition) is 2. The summed E-state index contributed by atoms with van der Waals surface area (Å²) in [7, 11) is 0. The van der Waals surface area contributed by atoms with Crippen LogP contribution in [-0.4, -0.2) is 26.0 Å². The van der Waals surface area contributed by atoms with Crippen molar-refractivity contribution in [1.82, 2.24) is 9.97 Å². The van der Waals surface area contributed by atoms with Crippen molar-refractivity contribution in [1.29, 1.82) is 0 Å². The summed E-state index contributed by atoms with van der Waals surface area (Å²) < 4.78 is 5.43. The number of carbonyl (C=O) groups excluding carboxylic acids is 1. The van der Waals surface area contributed by atoms with Gasteiger partial charge in [-0.2, -0.15) is 0 Å². The van der Waals surface area contributed by atoms with E-state index in [1.54, 1.807) is 6.92 Å². The molecule has 0 amide bonds. The number of nitro groups is 1. The summed E-state index contributed by atoms with van der Waals surface area (Å²) in [4.78, 5) is 32.5. The van der Waals surface area contributed by atoms with Crippen LogP contribution in [0.2, 0.25) is 0 Å². The quantitative estimate of drug-likeness (QED) is 0.192. The Morgan fingerprint density at radius 3 is 2.74 bits per heavy atom. The van der Waals surface area contributed by atoms with Gasteiger partial charge in [0.05, 0.1) is 16.0 Å². The number of ether oxygens (including phenoxy) is 1. The van der Waals surface area contributed by atoms with Crippen LogP contribution in [0.15, 0.2) is 54.9 Å². The van der Waals surface area contributed by atoms with E-state index in [0.717, 1.165) is 5.56 Å². The normalized spacial score (nSPS) is 10.7. The topological polar surface area (TPSA) is 127 Å². The lowest BCUT2D eigenvalue weighted by atomic mass is 10.2. The fourth-order valence-corrected chi connectivity index (χ4v) is 4.06. The number of non-ortho nitro benzene ring substituents is 1. The number of carbonyl (C=O) groups is 1. The van der Waals surface area contributed by atoms with Crippen molar-refractivity contribution in [3.05, 3.63) is 81.0 Å². The zero-order valence-electron chi connectivity index (χ0n) is 16.2. The molecule has 4 rings (SSSR count). The van der Waals surface area contributed by atoms with Gasteiger partial charge in [-0.15, -0.1) is 11.3 Å². The third-order valence-corrected chi connectivity index (χ3v) is 5.75. The molecule has 31 heavy (non-hydrogen) atoms. The minimum absolute atomic E-state index is 0.119. The monoisotopic (exact) mass is 436 g/mol.